The minimum Gasteiger partial charge on any atom is -0.469 e. The molecule has 0 unspecified atom stereocenters. The van der Waals surface area contributed by atoms with Gasteiger partial charge < -0.3 is 4.74 Å². The van der Waals surface area contributed by atoms with E-state index in [1.165, 1.54) is 7.11 Å². The Morgan fingerprint density at radius 3 is 2.67 bits per heavy atom. The van der Waals surface area contributed by atoms with Gasteiger partial charge in [-0.15, -0.1) is 0 Å². The third-order valence-corrected chi connectivity index (χ3v) is 5.39. The van der Waals surface area contributed by atoms with Crippen molar-refractivity contribution in [2.45, 2.75) is 6.42 Å². The summed E-state index contributed by atoms with van der Waals surface area (Å²) in [5, 5.41) is 3.98. The van der Waals surface area contributed by atoms with E-state index in [0.717, 1.165) is 32.8 Å². The minimum absolute atomic E-state index is 0.148. The van der Waals surface area contributed by atoms with Gasteiger partial charge in [-0.25, -0.2) is 4.98 Å². The molecule has 0 saturated heterocycles. The highest BCUT2D eigenvalue weighted by Crippen LogP contribution is 2.36. The smallest absolute Gasteiger partial charge is 0.310 e. The van der Waals surface area contributed by atoms with Crippen LogP contribution in [0.4, 0.5) is 0 Å². The van der Waals surface area contributed by atoms with Crippen molar-refractivity contribution in [3.63, 3.8) is 0 Å². The van der Waals surface area contributed by atoms with E-state index in [-0.39, 0.29) is 12.4 Å². The molecule has 134 valence electrons. The van der Waals surface area contributed by atoms with Gasteiger partial charge in [0.25, 0.3) is 0 Å². The summed E-state index contributed by atoms with van der Waals surface area (Å²) in [4.78, 5) is 16.8. The number of hydrogen-bond acceptors (Lipinski definition) is 3. The number of hydrogen-bond donors (Lipinski definition) is 0. The molecule has 1 aromatic heterocycles. The molecule has 0 radical (unpaired) electrons. The third kappa shape index (κ3) is 3.25. The highest BCUT2D eigenvalue weighted by atomic mass is 35.5. The van der Waals surface area contributed by atoms with Gasteiger partial charge in [-0.1, -0.05) is 65.7 Å². The molecule has 0 N–H and O–H groups in total. The van der Waals surface area contributed by atoms with Gasteiger partial charge >= 0.3 is 5.97 Å². The summed E-state index contributed by atoms with van der Waals surface area (Å²) < 4.78 is 4.90. The lowest BCUT2D eigenvalue weighted by Gasteiger charge is -2.13. The van der Waals surface area contributed by atoms with Gasteiger partial charge in [0.05, 0.1) is 34.8 Å². The molecule has 0 bridgehead atoms. The molecule has 0 fully saturated rings. The van der Waals surface area contributed by atoms with E-state index in [9.17, 15) is 4.79 Å². The molecule has 1 heterocycles. The second-order valence-electron chi connectivity index (χ2n) is 6.20. The maximum atomic E-state index is 12.0. The predicted octanol–water partition coefficient (Wildman–Crippen LogP) is 6.08. The summed E-state index contributed by atoms with van der Waals surface area (Å²) >= 11 is 12.6. The van der Waals surface area contributed by atoms with Crippen molar-refractivity contribution in [2.24, 2.45) is 0 Å². The maximum Gasteiger partial charge on any atom is 0.310 e. The summed E-state index contributed by atoms with van der Waals surface area (Å²) in [6.07, 6.45) is 0.148. The largest absolute Gasteiger partial charge is 0.469 e. The van der Waals surface area contributed by atoms with E-state index in [0.29, 0.717) is 15.7 Å². The van der Waals surface area contributed by atoms with Crippen LogP contribution >= 0.6 is 23.2 Å². The van der Waals surface area contributed by atoms with E-state index in [2.05, 4.69) is 0 Å². The summed E-state index contributed by atoms with van der Waals surface area (Å²) in [5.74, 6) is -0.307. The van der Waals surface area contributed by atoms with Crippen molar-refractivity contribution in [2.75, 3.05) is 7.11 Å². The van der Waals surface area contributed by atoms with Gasteiger partial charge in [0.15, 0.2) is 0 Å². The highest BCUT2D eigenvalue weighted by molar-refractivity contribution is 6.43. The Hall–Kier alpha value is -2.62. The average Bonchev–Trinajstić information content (AvgIpc) is 2.69. The maximum absolute atomic E-state index is 12.0. The standard InChI is InChI=1S/C22H15Cl2NO2/c1-27-20(26)12-14-11-19(16-7-4-8-17(23)22(16)24)25-18-10-9-13-5-2-3-6-15(13)21(14)18/h2-11H,12H2,1H3. The van der Waals surface area contributed by atoms with Crippen LogP contribution in [0, 0.1) is 0 Å². The van der Waals surface area contributed by atoms with Gasteiger partial charge in [-0.05, 0) is 34.5 Å². The number of methoxy groups -OCH3 is 1. The quantitative estimate of drug-likeness (QED) is 0.311. The summed E-state index contributed by atoms with van der Waals surface area (Å²) in [6.45, 7) is 0. The van der Waals surface area contributed by atoms with E-state index in [4.69, 9.17) is 32.9 Å². The summed E-state index contributed by atoms with van der Waals surface area (Å²) in [7, 11) is 1.39. The van der Waals surface area contributed by atoms with E-state index < -0.39 is 0 Å². The van der Waals surface area contributed by atoms with Gasteiger partial charge in [-0.3, -0.25) is 4.79 Å². The lowest BCUT2D eigenvalue weighted by molar-refractivity contribution is -0.139. The number of benzene rings is 3. The van der Waals surface area contributed by atoms with Gasteiger partial charge in [0.2, 0.25) is 0 Å². The van der Waals surface area contributed by atoms with Crippen molar-refractivity contribution in [1.82, 2.24) is 4.98 Å². The Bertz CT molecular complexity index is 1190. The van der Waals surface area contributed by atoms with Crippen molar-refractivity contribution < 1.29 is 9.53 Å². The first kappa shape index (κ1) is 17.8. The Kier molecular flexibility index (Phi) is 4.73. The van der Waals surface area contributed by atoms with Crippen molar-refractivity contribution in [3.05, 3.63) is 76.3 Å². The normalized spacial score (nSPS) is 11.1. The monoisotopic (exact) mass is 395 g/mol. The SMILES string of the molecule is COC(=O)Cc1cc(-c2cccc(Cl)c2Cl)nc2ccc3ccccc3c12. The van der Waals surface area contributed by atoms with Crippen LogP contribution in [0.3, 0.4) is 0 Å². The number of carbonyl (C=O) groups is 1. The Morgan fingerprint density at radius 1 is 1.04 bits per heavy atom. The molecule has 3 nitrogen and oxygen atoms in total. The molecule has 27 heavy (non-hydrogen) atoms. The first-order valence-corrected chi connectivity index (χ1v) is 9.16. The number of aromatic nitrogens is 1. The molecule has 3 aromatic carbocycles. The number of fused-ring (bicyclic) bond motifs is 3. The zero-order valence-electron chi connectivity index (χ0n) is 14.5. The number of esters is 1. The molecule has 0 spiro atoms. The number of rotatable bonds is 3. The predicted molar refractivity (Wildman–Crippen MR) is 110 cm³/mol. The lowest BCUT2D eigenvalue weighted by Crippen LogP contribution is -2.06. The first-order valence-electron chi connectivity index (χ1n) is 8.41. The molecule has 0 aliphatic rings. The van der Waals surface area contributed by atoms with E-state index in [1.807, 2.05) is 54.6 Å². The molecule has 0 saturated carbocycles. The molecule has 5 heteroatoms. The number of ether oxygens (including phenoxy) is 1. The van der Waals surface area contributed by atoms with Gasteiger partial charge in [0, 0.05) is 10.9 Å². The van der Waals surface area contributed by atoms with Crippen LogP contribution in [0.5, 0.6) is 0 Å². The second-order valence-corrected chi connectivity index (χ2v) is 6.99. The second kappa shape index (κ2) is 7.18. The zero-order chi connectivity index (χ0) is 19.0. The van der Waals surface area contributed by atoms with Crippen LogP contribution in [0.1, 0.15) is 5.56 Å². The Labute approximate surface area is 166 Å². The van der Waals surface area contributed by atoms with Crippen LogP contribution in [0.2, 0.25) is 10.0 Å². The number of pyridine rings is 1. The molecule has 0 amide bonds. The molecule has 4 rings (SSSR count). The fourth-order valence-corrected chi connectivity index (χ4v) is 3.69. The van der Waals surface area contributed by atoms with Crippen LogP contribution in [0.25, 0.3) is 32.9 Å². The fraction of sp³-hybridized carbons (Fsp3) is 0.0909. The molecule has 0 atom stereocenters. The van der Waals surface area contributed by atoms with Crippen molar-refractivity contribution in [3.8, 4) is 11.3 Å². The summed E-state index contributed by atoms with van der Waals surface area (Å²) in [6, 6.07) is 19.3. The third-order valence-electron chi connectivity index (χ3n) is 4.57. The van der Waals surface area contributed by atoms with E-state index in [1.54, 1.807) is 6.07 Å². The van der Waals surface area contributed by atoms with Crippen LogP contribution in [-0.2, 0) is 16.0 Å². The van der Waals surface area contributed by atoms with Crippen molar-refractivity contribution >= 4 is 50.8 Å². The highest BCUT2D eigenvalue weighted by Gasteiger charge is 2.16. The first-order chi connectivity index (χ1) is 13.1. The Balaban J connectivity index is 2.05. The van der Waals surface area contributed by atoms with Crippen LogP contribution in [-0.4, -0.2) is 18.1 Å². The average molecular weight is 396 g/mol. The van der Waals surface area contributed by atoms with Gasteiger partial charge in [-0.2, -0.15) is 0 Å². The zero-order valence-corrected chi connectivity index (χ0v) is 16.0. The molecular weight excluding hydrogens is 381 g/mol. The Morgan fingerprint density at radius 2 is 1.85 bits per heavy atom. The fourth-order valence-electron chi connectivity index (χ4n) is 3.30. The molecular formula is C22H15Cl2NO2. The van der Waals surface area contributed by atoms with Crippen LogP contribution < -0.4 is 0 Å². The van der Waals surface area contributed by atoms with Crippen molar-refractivity contribution in [1.29, 1.82) is 0 Å². The topological polar surface area (TPSA) is 39.2 Å². The molecule has 4 aromatic rings. The number of carbonyl (C=O) groups excluding carboxylic acids is 1. The molecule has 0 aliphatic carbocycles. The summed E-state index contributed by atoms with van der Waals surface area (Å²) in [5.41, 5.74) is 3.03. The lowest BCUT2D eigenvalue weighted by atomic mass is 9.97. The van der Waals surface area contributed by atoms with E-state index >= 15 is 0 Å². The molecule has 0 aliphatic heterocycles. The number of halogens is 2. The number of nitrogens with zero attached hydrogens (tertiary/aromatic N) is 1. The van der Waals surface area contributed by atoms with Crippen LogP contribution in [0.15, 0.2) is 60.7 Å². The minimum atomic E-state index is -0.307. The van der Waals surface area contributed by atoms with Gasteiger partial charge in [0.1, 0.15) is 0 Å².